The van der Waals surface area contributed by atoms with Crippen LogP contribution in [0.1, 0.15) is 11.4 Å². The van der Waals surface area contributed by atoms with Crippen molar-refractivity contribution in [2.24, 2.45) is 0 Å². The number of hydrogen-bond acceptors (Lipinski definition) is 3. The Kier molecular flexibility index (Phi) is 8.72. The van der Waals surface area contributed by atoms with Gasteiger partial charge < -0.3 is 14.9 Å². The Hall–Kier alpha value is 1.01. The Labute approximate surface area is 145 Å². The van der Waals surface area contributed by atoms with E-state index in [1.807, 2.05) is 24.3 Å². The van der Waals surface area contributed by atoms with Crippen LogP contribution in [0.15, 0.2) is 42.5 Å². The van der Waals surface area contributed by atoms with Gasteiger partial charge in [-0.25, -0.2) is 0 Å². The molecule has 0 aliphatic carbocycles. The average Bonchev–Trinajstić information content (AvgIpc) is 2.27. The molecule has 1 N–H and O–H groups in total. The summed E-state index contributed by atoms with van der Waals surface area (Å²) in [5, 5.41) is 11.2. The summed E-state index contributed by atoms with van der Waals surface area (Å²) in [6.45, 7) is 0. The Morgan fingerprint density at radius 3 is 2.18 bits per heavy atom. The molecule has 1 unspecified atom stereocenters. The fraction of sp³-hybridized carbons (Fsp3) is 0.0909. The molecule has 0 bridgehead atoms. The van der Waals surface area contributed by atoms with Crippen molar-refractivity contribution in [2.45, 2.75) is 5.85 Å². The van der Waals surface area contributed by atoms with Crippen LogP contribution in [0.3, 0.4) is 0 Å². The Morgan fingerprint density at radius 2 is 1.53 bits per heavy atom. The smallest absolute Gasteiger partial charge is 0.840 e. The first kappa shape index (κ1) is 18.0. The third-order valence-electron chi connectivity index (χ3n) is 2.30. The fourth-order valence-electron chi connectivity index (χ4n) is 1.59. The second kappa shape index (κ2) is 8.23. The first-order chi connectivity index (χ1) is 7.20. The molecule has 2 aromatic carbocycles. The van der Waals surface area contributed by atoms with Gasteiger partial charge in [0.05, 0.1) is 5.85 Å². The minimum absolute atomic E-state index is 0. The van der Waals surface area contributed by atoms with Gasteiger partial charge in [-0.05, 0) is 16.3 Å². The zero-order valence-electron chi connectivity index (χ0n) is 9.83. The van der Waals surface area contributed by atoms with E-state index in [0.717, 1.165) is 10.8 Å². The molecule has 78 valence electrons. The van der Waals surface area contributed by atoms with Gasteiger partial charge in [-0.3, -0.25) is 8.38 Å². The zero-order valence-corrected chi connectivity index (χ0v) is 14.7. The molecule has 0 aliphatic heterocycles. The number of hydrogen-bond donors (Lipinski definition) is 1. The van der Waals surface area contributed by atoms with Crippen LogP contribution in [-0.4, -0.2) is 5.11 Å². The van der Waals surface area contributed by atoms with Gasteiger partial charge in [-0.1, -0.05) is 42.5 Å². The van der Waals surface area contributed by atoms with Crippen LogP contribution in [0.25, 0.3) is 10.8 Å². The molecule has 17 heavy (non-hydrogen) atoms. The number of fused-ring (bicyclic) bond motifs is 1. The van der Waals surface area contributed by atoms with Crippen molar-refractivity contribution < 1.29 is 74.0 Å². The molecular formula is C11H9Na2O3P. The third-order valence-corrected chi connectivity index (χ3v) is 2.98. The summed E-state index contributed by atoms with van der Waals surface area (Å²) in [6, 6.07) is 12.6. The normalized spacial score (nSPS) is 11.8. The third kappa shape index (κ3) is 4.26. The van der Waals surface area contributed by atoms with Gasteiger partial charge in [0, 0.05) is 0 Å². The van der Waals surface area contributed by atoms with Crippen LogP contribution in [0.5, 0.6) is 0 Å². The molecule has 2 aromatic rings. The molecule has 0 heterocycles. The van der Waals surface area contributed by atoms with E-state index in [9.17, 15) is 14.9 Å². The van der Waals surface area contributed by atoms with E-state index in [4.69, 9.17) is 0 Å². The van der Waals surface area contributed by atoms with E-state index >= 15 is 0 Å². The van der Waals surface area contributed by atoms with Crippen LogP contribution in [0, 0.1) is 0 Å². The molecule has 0 aromatic heterocycles. The van der Waals surface area contributed by atoms with Crippen molar-refractivity contribution >= 4 is 19.1 Å². The Morgan fingerprint density at radius 1 is 0.941 bits per heavy atom. The summed E-state index contributed by atoms with van der Waals surface area (Å²) in [4.78, 5) is 21.5. The second-order valence-electron chi connectivity index (χ2n) is 3.23. The van der Waals surface area contributed by atoms with Crippen LogP contribution < -0.4 is 68.9 Å². The topological polar surface area (TPSA) is 66.3 Å². The first-order valence-corrected chi connectivity index (χ1v) is 5.74. The molecule has 0 aliphatic rings. The van der Waals surface area contributed by atoms with Crippen molar-refractivity contribution in [1.82, 2.24) is 0 Å². The predicted molar refractivity (Wildman–Crippen MR) is 55.8 cm³/mol. The van der Waals surface area contributed by atoms with Gasteiger partial charge in [0.2, 0.25) is 0 Å². The zero-order chi connectivity index (χ0) is 10.8. The molecule has 0 amide bonds. The van der Waals surface area contributed by atoms with Gasteiger partial charge in [0.1, 0.15) is 0 Å². The molecule has 0 saturated heterocycles. The molecule has 0 spiro atoms. The monoisotopic (exact) mass is 266 g/mol. The van der Waals surface area contributed by atoms with Crippen molar-refractivity contribution in [3.63, 3.8) is 0 Å². The fourth-order valence-corrected chi connectivity index (χ4v) is 2.04. The molecule has 0 saturated carbocycles. The van der Waals surface area contributed by atoms with Crippen molar-refractivity contribution in [1.29, 1.82) is 0 Å². The molecule has 1 atom stereocenters. The van der Waals surface area contributed by atoms with Crippen molar-refractivity contribution in [2.75, 3.05) is 0 Å². The predicted octanol–water partition coefficient (Wildman–Crippen LogP) is -5.13. The SMILES string of the molecule is [Na+].[Na+].[O-]P([O-])C(O)c1cccc2ccccc12. The van der Waals surface area contributed by atoms with Crippen LogP contribution in [-0.2, 0) is 0 Å². The van der Waals surface area contributed by atoms with Gasteiger partial charge in [-0.15, -0.1) is 0 Å². The van der Waals surface area contributed by atoms with Crippen LogP contribution >= 0.6 is 8.38 Å². The molecule has 0 fully saturated rings. The average molecular weight is 266 g/mol. The maximum absolute atomic E-state index is 10.7. The summed E-state index contributed by atoms with van der Waals surface area (Å²) in [6.07, 6.45) is 0. The standard InChI is InChI=1S/C11H9O3P.2Na/c12-11(15(13)14)10-7-3-5-8-4-1-2-6-9(8)10;;/h1-7,11-12H;;/q-2;2*+1. The number of aliphatic hydroxyl groups is 1. The van der Waals surface area contributed by atoms with E-state index in [1.165, 1.54) is 0 Å². The molecule has 6 heteroatoms. The minimum atomic E-state index is -2.86. The number of benzene rings is 2. The largest absolute Gasteiger partial charge is 1.00 e. The van der Waals surface area contributed by atoms with E-state index < -0.39 is 14.2 Å². The maximum atomic E-state index is 10.7. The summed E-state index contributed by atoms with van der Waals surface area (Å²) >= 11 is 0. The van der Waals surface area contributed by atoms with E-state index in [0.29, 0.717) is 5.56 Å². The van der Waals surface area contributed by atoms with Gasteiger partial charge >= 0.3 is 59.1 Å². The summed E-state index contributed by atoms with van der Waals surface area (Å²) in [5.74, 6) is -1.42. The van der Waals surface area contributed by atoms with Gasteiger partial charge in [0.25, 0.3) is 0 Å². The number of aliphatic hydroxyl groups excluding tert-OH is 1. The Bertz CT molecular complexity index is 474. The van der Waals surface area contributed by atoms with Crippen LogP contribution in [0.4, 0.5) is 0 Å². The summed E-state index contributed by atoms with van der Waals surface area (Å²) in [7, 11) is -2.86. The van der Waals surface area contributed by atoms with Crippen molar-refractivity contribution in [3.8, 4) is 0 Å². The minimum Gasteiger partial charge on any atom is -0.840 e. The summed E-state index contributed by atoms with van der Waals surface area (Å²) in [5.41, 5.74) is 0.434. The van der Waals surface area contributed by atoms with E-state index in [1.54, 1.807) is 18.2 Å². The molecule has 2 rings (SSSR count). The Balaban J connectivity index is 0.00000128. The number of rotatable bonds is 2. The maximum Gasteiger partial charge on any atom is 1.00 e. The summed E-state index contributed by atoms with van der Waals surface area (Å²) < 4.78 is 0. The van der Waals surface area contributed by atoms with Crippen LogP contribution in [0.2, 0.25) is 0 Å². The van der Waals surface area contributed by atoms with E-state index in [-0.39, 0.29) is 59.1 Å². The van der Waals surface area contributed by atoms with Gasteiger partial charge in [0.15, 0.2) is 0 Å². The quantitative estimate of drug-likeness (QED) is 0.437. The van der Waals surface area contributed by atoms with E-state index in [2.05, 4.69) is 0 Å². The first-order valence-electron chi connectivity index (χ1n) is 4.49. The molecule has 0 radical (unpaired) electrons. The molecule has 3 nitrogen and oxygen atoms in total. The second-order valence-corrected chi connectivity index (χ2v) is 4.29. The molecular weight excluding hydrogens is 257 g/mol. The van der Waals surface area contributed by atoms with Crippen molar-refractivity contribution in [3.05, 3.63) is 48.0 Å². The van der Waals surface area contributed by atoms with Gasteiger partial charge in [-0.2, -0.15) is 0 Å².